The number of carbonyl (C=O) groups is 1. The predicted octanol–water partition coefficient (Wildman–Crippen LogP) is 4.03. The van der Waals surface area contributed by atoms with Gasteiger partial charge in [0.1, 0.15) is 5.69 Å². The molecule has 0 fully saturated rings. The fourth-order valence-corrected chi connectivity index (χ4v) is 2.78. The average Bonchev–Trinajstić information content (AvgIpc) is 3.03. The molecular formula is C19H14N2O. The summed E-state index contributed by atoms with van der Waals surface area (Å²) < 4.78 is 2.03. The van der Waals surface area contributed by atoms with E-state index in [1.165, 1.54) is 0 Å². The van der Waals surface area contributed by atoms with Crippen molar-refractivity contribution < 1.29 is 4.79 Å². The van der Waals surface area contributed by atoms with E-state index >= 15 is 0 Å². The van der Waals surface area contributed by atoms with Gasteiger partial charge in [0.15, 0.2) is 0 Å². The monoisotopic (exact) mass is 286 g/mol. The molecule has 0 radical (unpaired) electrons. The zero-order chi connectivity index (χ0) is 15.1. The quantitative estimate of drug-likeness (QED) is 0.521. The molecule has 4 rings (SSSR count). The number of nitrogens with zero attached hydrogens (tertiary/aromatic N) is 2. The second-order valence-electron chi connectivity index (χ2n) is 5.41. The van der Waals surface area contributed by atoms with E-state index < -0.39 is 0 Å². The minimum atomic E-state index is -0.0484. The molecule has 0 unspecified atom stereocenters. The van der Waals surface area contributed by atoms with Crippen LogP contribution in [0.25, 0.3) is 16.6 Å². The van der Waals surface area contributed by atoms with Crippen LogP contribution in [0.15, 0.2) is 66.9 Å². The molecule has 0 saturated heterocycles. The summed E-state index contributed by atoms with van der Waals surface area (Å²) in [5, 5.41) is 0. The number of rotatable bonds is 2. The van der Waals surface area contributed by atoms with Gasteiger partial charge in [0.25, 0.3) is 0 Å². The number of hydrogen-bond donors (Lipinski definition) is 0. The fourth-order valence-electron chi connectivity index (χ4n) is 2.78. The molecule has 3 nitrogen and oxygen atoms in total. The van der Waals surface area contributed by atoms with Crippen LogP contribution in [0, 0.1) is 6.92 Å². The number of benzene rings is 2. The van der Waals surface area contributed by atoms with E-state index in [9.17, 15) is 4.79 Å². The Hall–Kier alpha value is -2.94. The molecule has 2 aromatic carbocycles. The van der Waals surface area contributed by atoms with E-state index in [0.717, 1.165) is 22.1 Å². The number of ketones is 1. The third kappa shape index (κ3) is 1.91. The van der Waals surface area contributed by atoms with Gasteiger partial charge in [0.05, 0.1) is 16.6 Å². The van der Waals surface area contributed by atoms with Crippen LogP contribution in [0.5, 0.6) is 0 Å². The Labute approximate surface area is 127 Å². The number of carbonyl (C=O) groups excluding carboxylic acids is 1. The molecule has 3 heteroatoms. The molecule has 2 heterocycles. The summed E-state index contributed by atoms with van der Waals surface area (Å²) in [7, 11) is 0. The highest BCUT2D eigenvalue weighted by atomic mass is 16.1. The Balaban J connectivity index is 2.03. The predicted molar refractivity (Wildman–Crippen MR) is 87.3 cm³/mol. The Morgan fingerprint density at radius 3 is 2.59 bits per heavy atom. The molecule has 0 N–H and O–H groups in total. The highest BCUT2D eigenvalue weighted by Gasteiger charge is 2.16. The topological polar surface area (TPSA) is 34.4 Å². The molecule has 2 aromatic heterocycles. The van der Waals surface area contributed by atoms with Crippen LogP contribution in [0.3, 0.4) is 0 Å². The third-order valence-corrected chi connectivity index (χ3v) is 3.87. The summed E-state index contributed by atoms with van der Waals surface area (Å²) in [6.07, 6.45) is 1.97. The van der Waals surface area contributed by atoms with E-state index in [1.54, 1.807) is 0 Å². The minimum Gasteiger partial charge on any atom is -0.313 e. The SMILES string of the molecule is Cc1ccc2c(c1)nc(C(=O)c1ccccc1)c1cccn12. The van der Waals surface area contributed by atoms with Crippen molar-refractivity contribution in [2.45, 2.75) is 6.92 Å². The van der Waals surface area contributed by atoms with Gasteiger partial charge in [-0.2, -0.15) is 0 Å². The molecule has 0 aliphatic heterocycles. The van der Waals surface area contributed by atoms with Crippen LogP contribution in [-0.2, 0) is 0 Å². The maximum atomic E-state index is 12.8. The normalized spacial score (nSPS) is 11.1. The lowest BCUT2D eigenvalue weighted by Gasteiger charge is -2.08. The highest BCUT2D eigenvalue weighted by Crippen LogP contribution is 2.22. The molecule has 22 heavy (non-hydrogen) atoms. The number of aryl methyl sites for hydroxylation is 1. The lowest BCUT2D eigenvalue weighted by molar-refractivity contribution is 0.103. The maximum absolute atomic E-state index is 12.8. The molecule has 4 aromatic rings. The van der Waals surface area contributed by atoms with E-state index in [4.69, 9.17) is 0 Å². The van der Waals surface area contributed by atoms with Gasteiger partial charge in [0.2, 0.25) is 5.78 Å². The first-order valence-corrected chi connectivity index (χ1v) is 7.21. The van der Waals surface area contributed by atoms with Crippen molar-refractivity contribution in [3.05, 3.63) is 83.7 Å². The molecule has 106 valence electrons. The fraction of sp³-hybridized carbons (Fsp3) is 0.0526. The van der Waals surface area contributed by atoms with Gasteiger partial charge in [-0.15, -0.1) is 0 Å². The van der Waals surface area contributed by atoms with Gasteiger partial charge < -0.3 is 4.40 Å². The number of hydrogen-bond acceptors (Lipinski definition) is 2. The first-order valence-electron chi connectivity index (χ1n) is 7.21. The average molecular weight is 286 g/mol. The third-order valence-electron chi connectivity index (χ3n) is 3.87. The van der Waals surface area contributed by atoms with Crippen molar-refractivity contribution in [3.63, 3.8) is 0 Å². The summed E-state index contributed by atoms with van der Waals surface area (Å²) in [6.45, 7) is 2.03. The summed E-state index contributed by atoms with van der Waals surface area (Å²) in [5.74, 6) is -0.0484. The molecule has 0 bridgehead atoms. The molecule has 0 saturated carbocycles. The van der Waals surface area contributed by atoms with Crippen LogP contribution in [0.1, 0.15) is 21.6 Å². The molecule has 0 atom stereocenters. The summed E-state index contributed by atoms with van der Waals surface area (Å²) in [4.78, 5) is 17.5. The first-order chi connectivity index (χ1) is 10.7. The van der Waals surface area contributed by atoms with E-state index in [2.05, 4.69) is 11.1 Å². The lowest BCUT2D eigenvalue weighted by atomic mass is 10.1. The van der Waals surface area contributed by atoms with Gasteiger partial charge >= 0.3 is 0 Å². The van der Waals surface area contributed by atoms with Crippen molar-refractivity contribution in [3.8, 4) is 0 Å². The molecule has 0 spiro atoms. The Morgan fingerprint density at radius 2 is 1.77 bits per heavy atom. The largest absolute Gasteiger partial charge is 0.313 e. The van der Waals surface area contributed by atoms with Crippen LogP contribution >= 0.6 is 0 Å². The maximum Gasteiger partial charge on any atom is 0.213 e. The van der Waals surface area contributed by atoms with Gasteiger partial charge in [-0.3, -0.25) is 4.79 Å². The van der Waals surface area contributed by atoms with Crippen LogP contribution in [-0.4, -0.2) is 15.2 Å². The van der Waals surface area contributed by atoms with E-state index in [-0.39, 0.29) is 5.78 Å². The second kappa shape index (κ2) is 4.81. The zero-order valence-corrected chi connectivity index (χ0v) is 12.2. The summed E-state index contributed by atoms with van der Waals surface area (Å²) >= 11 is 0. The molecule has 0 amide bonds. The van der Waals surface area contributed by atoms with Crippen LogP contribution in [0.2, 0.25) is 0 Å². The van der Waals surface area contributed by atoms with Crippen molar-refractivity contribution >= 4 is 22.3 Å². The van der Waals surface area contributed by atoms with Crippen molar-refractivity contribution in [1.82, 2.24) is 9.38 Å². The molecule has 0 aliphatic carbocycles. The van der Waals surface area contributed by atoms with Crippen LogP contribution < -0.4 is 0 Å². The van der Waals surface area contributed by atoms with Gasteiger partial charge in [0, 0.05) is 11.8 Å². The Morgan fingerprint density at radius 1 is 0.955 bits per heavy atom. The minimum absolute atomic E-state index is 0.0484. The standard InChI is InChI=1S/C19H14N2O/c1-13-9-10-16-15(12-13)20-18(17-8-5-11-21(16)17)19(22)14-6-3-2-4-7-14/h2-12H,1H3. The molecular weight excluding hydrogens is 272 g/mol. The van der Waals surface area contributed by atoms with Crippen molar-refractivity contribution in [2.75, 3.05) is 0 Å². The van der Waals surface area contributed by atoms with Crippen molar-refractivity contribution in [2.24, 2.45) is 0 Å². The zero-order valence-electron chi connectivity index (χ0n) is 12.2. The summed E-state index contributed by atoms with van der Waals surface area (Å²) in [6, 6.07) is 19.3. The molecule has 0 aliphatic rings. The number of fused-ring (bicyclic) bond motifs is 3. The Bertz CT molecular complexity index is 1000. The van der Waals surface area contributed by atoms with E-state index in [0.29, 0.717) is 11.3 Å². The highest BCUT2D eigenvalue weighted by molar-refractivity contribution is 6.12. The Kier molecular flexibility index (Phi) is 2.79. The smallest absolute Gasteiger partial charge is 0.213 e. The first kappa shape index (κ1) is 12.8. The van der Waals surface area contributed by atoms with Crippen molar-refractivity contribution in [1.29, 1.82) is 0 Å². The van der Waals surface area contributed by atoms with E-state index in [1.807, 2.05) is 72.1 Å². The second-order valence-corrected chi connectivity index (χ2v) is 5.41. The van der Waals surface area contributed by atoms with Crippen LogP contribution in [0.4, 0.5) is 0 Å². The lowest BCUT2D eigenvalue weighted by Crippen LogP contribution is -2.07. The van der Waals surface area contributed by atoms with Gasteiger partial charge in [-0.25, -0.2) is 4.98 Å². The van der Waals surface area contributed by atoms with Gasteiger partial charge in [-0.05, 0) is 36.8 Å². The summed E-state index contributed by atoms with van der Waals surface area (Å²) in [5.41, 5.74) is 4.97. The number of aromatic nitrogens is 2. The van der Waals surface area contributed by atoms with Gasteiger partial charge in [-0.1, -0.05) is 36.4 Å².